The smallest absolute Gasteiger partial charge is 0.316 e. The van der Waals surface area contributed by atoms with Gasteiger partial charge in [0.15, 0.2) is 0 Å². The highest BCUT2D eigenvalue weighted by Crippen LogP contribution is 2.06. The minimum Gasteiger partial charge on any atom is -0.467 e. The van der Waals surface area contributed by atoms with E-state index in [9.17, 15) is 9.59 Å². The maximum absolute atomic E-state index is 11.7. The lowest BCUT2D eigenvalue weighted by Crippen LogP contribution is -2.28. The quantitative estimate of drug-likeness (QED) is 0.809. The minimum atomic E-state index is -0.394. The predicted octanol–water partition coefficient (Wildman–Crippen LogP) is -0.319. The van der Waals surface area contributed by atoms with Gasteiger partial charge in [-0.2, -0.15) is 5.10 Å². The molecule has 8 heteroatoms. The number of hydrogen-bond acceptors (Lipinski definition) is 6. The number of nitrogens with zero attached hydrogens (tertiary/aromatic N) is 4. The van der Waals surface area contributed by atoms with Crippen LogP contribution < -0.4 is 15.6 Å². The van der Waals surface area contributed by atoms with E-state index < -0.39 is 5.91 Å². The van der Waals surface area contributed by atoms with Gasteiger partial charge in [0.1, 0.15) is 6.54 Å². The Morgan fingerprint density at radius 1 is 1.42 bits per heavy atom. The molecular weight excluding hydrogens is 250 g/mol. The first kappa shape index (κ1) is 12.7. The summed E-state index contributed by atoms with van der Waals surface area (Å²) in [5.74, 6) is -0.394. The molecule has 19 heavy (non-hydrogen) atoms. The second-order valence-electron chi connectivity index (χ2n) is 3.53. The molecule has 0 aromatic carbocycles. The number of carbonyl (C=O) groups excluding carboxylic acids is 1. The summed E-state index contributed by atoms with van der Waals surface area (Å²) in [7, 11) is 1.45. The Morgan fingerprint density at radius 3 is 2.79 bits per heavy atom. The van der Waals surface area contributed by atoms with Crippen LogP contribution in [-0.2, 0) is 11.3 Å². The number of methoxy groups -OCH3 is 1. The summed E-state index contributed by atoms with van der Waals surface area (Å²) >= 11 is 0. The fraction of sp³-hybridized carbons (Fsp3) is 0.182. The topological polar surface area (TPSA) is 99.0 Å². The summed E-state index contributed by atoms with van der Waals surface area (Å²) < 4.78 is 5.85. The lowest BCUT2D eigenvalue weighted by atomic mass is 10.4. The fourth-order valence-electron chi connectivity index (χ4n) is 1.33. The van der Waals surface area contributed by atoms with E-state index in [1.165, 1.54) is 37.8 Å². The fourth-order valence-corrected chi connectivity index (χ4v) is 1.33. The van der Waals surface area contributed by atoms with Crippen LogP contribution in [0.4, 0.5) is 5.69 Å². The molecule has 0 saturated carbocycles. The summed E-state index contributed by atoms with van der Waals surface area (Å²) in [4.78, 5) is 30.7. The van der Waals surface area contributed by atoms with Crippen molar-refractivity contribution in [3.63, 3.8) is 0 Å². The van der Waals surface area contributed by atoms with Crippen LogP contribution in [-0.4, -0.2) is 32.8 Å². The van der Waals surface area contributed by atoms with Gasteiger partial charge in [0.05, 0.1) is 25.2 Å². The number of aromatic nitrogens is 4. The molecule has 2 rings (SSSR count). The highest BCUT2D eigenvalue weighted by atomic mass is 16.5. The van der Waals surface area contributed by atoms with Crippen molar-refractivity contribution in [1.29, 1.82) is 0 Å². The first-order valence-electron chi connectivity index (χ1n) is 5.37. The average Bonchev–Trinajstić information content (AvgIpc) is 2.42. The molecule has 2 aromatic heterocycles. The average molecular weight is 261 g/mol. The van der Waals surface area contributed by atoms with Gasteiger partial charge in [-0.3, -0.25) is 9.59 Å². The second kappa shape index (κ2) is 5.71. The lowest BCUT2D eigenvalue weighted by molar-refractivity contribution is -0.117. The van der Waals surface area contributed by atoms with E-state index >= 15 is 0 Å². The Morgan fingerprint density at radius 2 is 2.16 bits per heavy atom. The first-order chi connectivity index (χ1) is 9.19. The molecule has 1 amide bonds. The highest BCUT2D eigenvalue weighted by molar-refractivity contribution is 5.90. The van der Waals surface area contributed by atoms with Gasteiger partial charge >= 0.3 is 6.01 Å². The number of nitrogens with one attached hydrogen (secondary N) is 1. The minimum absolute atomic E-state index is 0.175. The molecule has 8 nitrogen and oxygen atoms in total. The molecule has 2 aromatic rings. The molecule has 0 unspecified atom stereocenters. The number of anilines is 1. The molecule has 1 N–H and O–H groups in total. The molecule has 0 radical (unpaired) electrons. The summed E-state index contributed by atoms with van der Waals surface area (Å²) in [6.45, 7) is -0.175. The van der Waals surface area contributed by atoms with Gasteiger partial charge in [-0.05, 0) is 6.07 Å². The molecule has 2 heterocycles. The largest absolute Gasteiger partial charge is 0.467 e. The Balaban J connectivity index is 2.01. The van der Waals surface area contributed by atoms with Crippen molar-refractivity contribution in [3.8, 4) is 6.01 Å². The summed E-state index contributed by atoms with van der Waals surface area (Å²) in [5, 5.41) is 6.33. The molecule has 98 valence electrons. The van der Waals surface area contributed by atoms with Gasteiger partial charge in [-0.15, -0.1) is 0 Å². The van der Waals surface area contributed by atoms with Gasteiger partial charge in [-0.1, -0.05) is 0 Å². The Labute approximate surface area is 108 Å². The molecular formula is C11H11N5O3. The van der Waals surface area contributed by atoms with Crippen molar-refractivity contribution >= 4 is 11.6 Å². The van der Waals surface area contributed by atoms with Crippen molar-refractivity contribution < 1.29 is 9.53 Å². The molecule has 0 spiro atoms. The van der Waals surface area contributed by atoms with E-state index in [1.807, 2.05) is 0 Å². The number of amides is 1. The van der Waals surface area contributed by atoms with E-state index in [-0.39, 0.29) is 18.1 Å². The maximum Gasteiger partial charge on any atom is 0.316 e. The van der Waals surface area contributed by atoms with Crippen LogP contribution in [0.25, 0.3) is 0 Å². The van der Waals surface area contributed by atoms with Crippen LogP contribution in [0.5, 0.6) is 6.01 Å². The van der Waals surface area contributed by atoms with Crippen molar-refractivity contribution in [1.82, 2.24) is 19.7 Å². The standard InChI is InChI=1S/C11H11N5O3/c1-19-11-12-5-8(6-13-11)15-9(17)7-16-10(18)3-2-4-14-16/h2-6H,7H2,1H3,(H,15,17). The van der Waals surface area contributed by atoms with Crippen LogP contribution in [0.2, 0.25) is 0 Å². The first-order valence-corrected chi connectivity index (χ1v) is 5.37. The van der Waals surface area contributed by atoms with Crippen LogP contribution >= 0.6 is 0 Å². The number of hydrogen-bond donors (Lipinski definition) is 1. The third-order valence-corrected chi connectivity index (χ3v) is 2.17. The van der Waals surface area contributed by atoms with Crippen molar-refractivity contribution in [2.75, 3.05) is 12.4 Å². The molecule has 0 saturated heterocycles. The Hall–Kier alpha value is -2.77. The van der Waals surface area contributed by atoms with E-state index in [0.29, 0.717) is 5.69 Å². The molecule has 0 bridgehead atoms. The molecule has 0 aliphatic rings. The number of ether oxygens (including phenoxy) is 1. The number of rotatable bonds is 4. The third kappa shape index (κ3) is 3.35. The molecule has 0 fully saturated rings. The van der Waals surface area contributed by atoms with Crippen molar-refractivity contribution in [2.45, 2.75) is 6.54 Å². The van der Waals surface area contributed by atoms with E-state index in [2.05, 4.69) is 20.4 Å². The predicted molar refractivity (Wildman–Crippen MR) is 65.7 cm³/mol. The molecule has 0 atom stereocenters. The normalized spacial score (nSPS) is 9.95. The van der Waals surface area contributed by atoms with Gasteiger partial charge in [0, 0.05) is 12.3 Å². The van der Waals surface area contributed by atoms with E-state index in [1.54, 1.807) is 0 Å². The zero-order chi connectivity index (χ0) is 13.7. The van der Waals surface area contributed by atoms with E-state index in [0.717, 1.165) is 4.68 Å². The van der Waals surface area contributed by atoms with Crippen molar-refractivity contribution in [3.05, 3.63) is 41.1 Å². The van der Waals surface area contributed by atoms with Crippen LogP contribution in [0, 0.1) is 0 Å². The lowest BCUT2D eigenvalue weighted by Gasteiger charge is -2.05. The Bertz CT molecular complexity index is 623. The van der Waals surface area contributed by atoms with E-state index in [4.69, 9.17) is 4.74 Å². The van der Waals surface area contributed by atoms with Crippen molar-refractivity contribution in [2.24, 2.45) is 0 Å². The zero-order valence-corrected chi connectivity index (χ0v) is 10.1. The van der Waals surface area contributed by atoms with Crippen LogP contribution in [0.1, 0.15) is 0 Å². The summed E-state index contributed by atoms with van der Waals surface area (Å²) in [6, 6.07) is 3.05. The molecule has 0 aliphatic carbocycles. The zero-order valence-electron chi connectivity index (χ0n) is 10.1. The Kier molecular flexibility index (Phi) is 3.81. The third-order valence-electron chi connectivity index (χ3n) is 2.17. The highest BCUT2D eigenvalue weighted by Gasteiger charge is 2.06. The van der Waals surface area contributed by atoms with Gasteiger partial charge in [0.2, 0.25) is 5.91 Å². The monoisotopic (exact) mass is 261 g/mol. The summed E-state index contributed by atoms with van der Waals surface area (Å²) in [6.07, 6.45) is 4.25. The van der Waals surface area contributed by atoms with Crippen LogP contribution in [0.15, 0.2) is 35.5 Å². The van der Waals surface area contributed by atoms with Gasteiger partial charge < -0.3 is 10.1 Å². The summed E-state index contributed by atoms with van der Waals surface area (Å²) in [5.41, 5.74) is 0.0680. The second-order valence-corrected chi connectivity index (χ2v) is 3.53. The van der Waals surface area contributed by atoms with Crippen LogP contribution in [0.3, 0.4) is 0 Å². The maximum atomic E-state index is 11.7. The van der Waals surface area contributed by atoms with Gasteiger partial charge in [0.25, 0.3) is 5.56 Å². The number of carbonyl (C=O) groups is 1. The SMILES string of the molecule is COc1ncc(NC(=O)Cn2ncccc2=O)cn1. The van der Waals surface area contributed by atoms with Gasteiger partial charge in [-0.25, -0.2) is 14.6 Å². The molecule has 0 aliphatic heterocycles.